The first-order valence-electron chi connectivity index (χ1n) is 10.4. The van der Waals surface area contributed by atoms with Gasteiger partial charge in [0.25, 0.3) is 0 Å². The maximum Gasteiger partial charge on any atom is 0.237 e. The fourth-order valence-corrected chi connectivity index (χ4v) is 4.81. The Morgan fingerprint density at radius 1 is 1.23 bits per heavy atom. The number of hydrogen-bond donors (Lipinski definition) is 1. The molecule has 1 amide bonds. The Kier molecular flexibility index (Phi) is 6.62. The molecule has 0 radical (unpaired) electrons. The van der Waals surface area contributed by atoms with Crippen molar-refractivity contribution in [3.05, 3.63) is 35.1 Å². The number of aromatic nitrogens is 3. The number of aryl methyl sites for hydroxylation is 2. The monoisotopic (exact) mass is 441 g/mol. The molecule has 1 saturated heterocycles. The van der Waals surface area contributed by atoms with Crippen LogP contribution in [0.2, 0.25) is 0 Å². The molecule has 0 aliphatic carbocycles. The predicted molar refractivity (Wildman–Crippen MR) is 122 cm³/mol. The van der Waals surface area contributed by atoms with Crippen molar-refractivity contribution in [2.75, 3.05) is 43.6 Å². The van der Waals surface area contributed by atoms with Gasteiger partial charge in [0, 0.05) is 37.2 Å². The minimum atomic E-state index is -0.0640. The summed E-state index contributed by atoms with van der Waals surface area (Å²) in [5.41, 5.74) is 1.83. The molecule has 0 aromatic carbocycles. The zero-order valence-electron chi connectivity index (χ0n) is 18.1. The number of hydrogen-bond acceptors (Lipinski definition) is 8. The van der Waals surface area contributed by atoms with Crippen LogP contribution >= 0.6 is 11.3 Å². The molecule has 0 unspecified atom stereocenters. The van der Waals surface area contributed by atoms with Crippen molar-refractivity contribution in [1.29, 1.82) is 0 Å². The number of rotatable bonds is 7. The first kappa shape index (κ1) is 21.5. The number of methoxy groups -OCH3 is 1. The summed E-state index contributed by atoms with van der Waals surface area (Å²) in [6.07, 6.45) is 4.81. The van der Waals surface area contributed by atoms with E-state index in [2.05, 4.69) is 39.0 Å². The number of ether oxygens (including phenoxy) is 2. The fraction of sp³-hybridized carbons (Fsp3) is 0.455. The Labute approximate surface area is 185 Å². The number of pyridine rings is 1. The van der Waals surface area contributed by atoms with Crippen molar-refractivity contribution in [3.63, 3.8) is 0 Å². The second-order valence-corrected chi connectivity index (χ2v) is 8.81. The van der Waals surface area contributed by atoms with Crippen LogP contribution in [0.15, 0.2) is 24.7 Å². The number of thiophene rings is 1. The molecule has 0 atom stereocenters. The van der Waals surface area contributed by atoms with E-state index in [1.807, 2.05) is 6.07 Å². The molecule has 1 aliphatic rings. The van der Waals surface area contributed by atoms with E-state index >= 15 is 0 Å². The summed E-state index contributed by atoms with van der Waals surface area (Å²) in [7, 11) is 1.62. The second-order valence-electron chi connectivity index (χ2n) is 7.61. The standard InChI is InChI=1S/C22H27N5O3S/c1-14-15(2)31-22-18(14)19(24-13-25-22)27-9-6-16(7-10-27)20(28)26-17-5-4-8-23-21(17)30-12-11-29-3/h4-5,8,13,16H,6-7,9-12H2,1-3H3,(H,26,28). The number of fused-ring (bicyclic) bond motifs is 1. The molecule has 0 saturated carbocycles. The maximum atomic E-state index is 12.9. The molecule has 9 heteroatoms. The van der Waals surface area contributed by atoms with Gasteiger partial charge in [-0.3, -0.25) is 4.79 Å². The van der Waals surface area contributed by atoms with Crippen molar-refractivity contribution >= 4 is 39.0 Å². The summed E-state index contributed by atoms with van der Waals surface area (Å²) >= 11 is 1.70. The van der Waals surface area contributed by atoms with E-state index in [0.29, 0.717) is 24.8 Å². The number of carbonyl (C=O) groups is 1. The van der Waals surface area contributed by atoms with Crippen LogP contribution in [0.5, 0.6) is 5.88 Å². The normalized spacial score (nSPS) is 14.7. The molecule has 164 valence electrons. The summed E-state index contributed by atoms with van der Waals surface area (Å²) in [5, 5.41) is 4.13. The highest BCUT2D eigenvalue weighted by Gasteiger charge is 2.28. The lowest BCUT2D eigenvalue weighted by Gasteiger charge is -2.32. The van der Waals surface area contributed by atoms with E-state index in [1.165, 1.54) is 10.4 Å². The van der Waals surface area contributed by atoms with E-state index in [4.69, 9.17) is 9.47 Å². The third-order valence-electron chi connectivity index (χ3n) is 5.67. The average molecular weight is 442 g/mol. The lowest BCUT2D eigenvalue weighted by molar-refractivity contribution is -0.120. The van der Waals surface area contributed by atoms with Crippen LogP contribution in [0.25, 0.3) is 10.2 Å². The maximum absolute atomic E-state index is 12.9. The van der Waals surface area contributed by atoms with Crippen LogP contribution in [0.1, 0.15) is 23.3 Å². The van der Waals surface area contributed by atoms with Crippen molar-refractivity contribution in [3.8, 4) is 5.88 Å². The molecule has 31 heavy (non-hydrogen) atoms. The Morgan fingerprint density at radius 3 is 2.81 bits per heavy atom. The minimum absolute atomic E-state index is 0.000339. The van der Waals surface area contributed by atoms with Crippen LogP contribution < -0.4 is 15.0 Å². The lowest BCUT2D eigenvalue weighted by atomic mass is 9.95. The van der Waals surface area contributed by atoms with Gasteiger partial charge in [0.15, 0.2) is 0 Å². The first-order chi connectivity index (χ1) is 15.1. The largest absolute Gasteiger partial charge is 0.474 e. The van der Waals surface area contributed by atoms with Gasteiger partial charge in [0.1, 0.15) is 29.3 Å². The van der Waals surface area contributed by atoms with E-state index in [1.54, 1.807) is 37.0 Å². The molecule has 1 fully saturated rings. The predicted octanol–water partition coefficient (Wildman–Crippen LogP) is 3.58. The first-order valence-corrected chi connectivity index (χ1v) is 11.2. The Bertz CT molecular complexity index is 1060. The summed E-state index contributed by atoms with van der Waals surface area (Å²) < 4.78 is 10.6. The number of nitrogens with one attached hydrogen (secondary N) is 1. The molecule has 1 aliphatic heterocycles. The third kappa shape index (κ3) is 4.62. The van der Waals surface area contributed by atoms with Crippen molar-refractivity contribution in [2.24, 2.45) is 5.92 Å². The SMILES string of the molecule is COCCOc1ncccc1NC(=O)C1CCN(c2ncnc3sc(C)c(C)c23)CC1. The third-order valence-corrected chi connectivity index (χ3v) is 6.78. The van der Waals surface area contributed by atoms with E-state index in [0.717, 1.165) is 42.0 Å². The van der Waals surface area contributed by atoms with Gasteiger partial charge in [-0.25, -0.2) is 15.0 Å². The number of piperidine rings is 1. The zero-order valence-corrected chi connectivity index (χ0v) is 18.9. The zero-order chi connectivity index (χ0) is 21.8. The highest BCUT2D eigenvalue weighted by atomic mass is 32.1. The van der Waals surface area contributed by atoms with E-state index < -0.39 is 0 Å². The molecular weight excluding hydrogens is 414 g/mol. The van der Waals surface area contributed by atoms with Gasteiger partial charge in [-0.15, -0.1) is 11.3 Å². The smallest absolute Gasteiger partial charge is 0.237 e. The molecule has 1 N–H and O–H groups in total. The highest BCUT2D eigenvalue weighted by molar-refractivity contribution is 7.18. The van der Waals surface area contributed by atoms with Gasteiger partial charge in [-0.1, -0.05) is 0 Å². The van der Waals surface area contributed by atoms with Gasteiger partial charge >= 0.3 is 0 Å². The summed E-state index contributed by atoms with van der Waals surface area (Å²) in [6.45, 7) is 6.65. The van der Waals surface area contributed by atoms with Crippen LogP contribution in [-0.4, -0.2) is 54.3 Å². The number of nitrogens with zero attached hydrogens (tertiary/aromatic N) is 4. The van der Waals surface area contributed by atoms with Gasteiger partial charge in [0.2, 0.25) is 11.8 Å². The molecule has 8 nitrogen and oxygen atoms in total. The number of carbonyl (C=O) groups excluding carboxylic acids is 1. The molecule has 4 rings (SSSR count). The molecular formula is C22H27N5O3S. The topological polar surface area (TPSA) is 89.5 Å². The fourth-order valence-electron chi connectivity index (χ4n) is 3.81. The van der Waals surface area contributed by atoms with Crippen molar-refractivity contribution in [1.82, 2.24) is 15.0 Å². The van der Waals surface area contributed by atoms with E-state index in [9.17, 15) is 4.79 Å². The van der Waals surface area contributed by atoms with Crippen LogP contribution in [0.4, 0.5) is 11.5 Å². The van der Waals surface area contributed by atoms with E-state index in [-0.39, 0.29) is 11.8 Å². The average Bonchev–Trinajstić information content (AvgIpc) is 3.09. The quantitative estimate of drug-likeness (QED) is 0.561. The Hall–Kier alpha value is -2.78. The molecule has 0 bridgehead atoms. The number of amides is 1. The van der Waals surface area contributed by atoms with Gasteiger partial charge < -0.3 is 19.7 Å². The van der Waals surface area contributed by atoms with Crippen molar-refractivity contribution in [2.45, 2.75) is 26.7 Å². The number of anilines is 2. The summed E-state index contributed by atoms with van der Waals surface area (Å²) in [5.74, 6) is 1.33. The van der Waals surface area contributed by atoms with Gasteiger partial charge in [0.05, 0.1) is 12.0 Å². The Morgan fingerprint density at radius 2 is 2.03 bits per heavy atom. The molecule has 0 spiro atoms. The van der Waals surface area contributed by atoms with Crippen LogP contribution in [0, 0.1) is 19.8 Å². The van der Waals surface area contributed by atoms with Crippen LogP contribution in [0.3, 0.4) is 0 Å². The summed E-state index contributed by atoms with van der Waals surface area (Å²) in [6, 6.07) is 3.59. The molecule has 3 aromatic heterocycles. The molecule has 3 aromatic rings. The lowest BCUT2D eigenvalue weighted by Crippen LogP contribution is -2.38. The molecule has 4 heterocycles. The highest BCUT2D eigenvalue weighted by Crippen LogP contribution is 2.35. The second kappa shape index (κ2) is 9.57. The van der Waals surface area contributed by atoms with Crippen LogP contribution in [-0.2, 0) is 9.53 Å². The van der Waals surface area contributed by atoms with Gasteiger partial charge in [-0.05, 0) is 44.4 Å². The van der Waals surface area contributed by atoms with Crippen molar-refractivity contribution < 1.29 is 14.3 Å². The Balaban J connectivity index is 1.40. The summed E-state index contributed by atoms with van der Waals surface area (Å²) in [4.78, 5) is 30.7. The van der Waals surface area contributed by atoms with Gasteiger partial charge in [-0.2, -0.15) is 0 Å². The minimum Gasteiger partial charge on any atom is -0.474 e.